The highest BCUT2D eigenvalue weighted by Crippen LogP contribution is 2.14. The van der Waals surface area contributed by atoms with E-state index in [0.29, 0.717) is 17.7 Å². The Labute approximate surface area is 207 Å². The standard InChI is InChI=1S/C30H46O4/c1-3-5-6-7-8-9-10-11-12-13-14-15-16-17-18-19-24-34-30(33)28-22-20-26(21-23-28)25-27(4-2)29(31)32/h4,20-23,25H,2-3,5-19,24H2,1H3,(H,31,32). The zero-order valence-corrected chi connectivity index (χ0v) is 21.4. The summed E-state index contributed by atoms with van der Waals surface area (Å²) >= 11 is 0. The summed E-state index contributed by atoms with van der Waals surface area (Å²) in [6.45, 7) is 6.21. The average Bonchev–Trinajstić information content (AvgIpc) is 2.84. The summed E-state index contributed by atoms with van der Waals surface area (Å²) in [6, 6.07) is 6.73. The second-order valence-corrected chi connectivity index (χ2v) is 9.17. The number of esters is 1. The van der Waals surface area contributed by atoms with Crippen LogP contribution in [-0.2, 0) is 9.53 Å². The number of carboxylic acids is 1. The van der Waals surface area contributed by atoms with Gasteiger partial charge < -0.3 is 9.84 Å². The second kappa shape index (κ2) is 20.1. The van der Waals surface area contributed by atoms with E-state index in [-0.39, 0.29) is 11.5 Å². The third kappa shape index (κ3) is 14.7. The van der Waals surface area contributed by atoms with Crippen molar-refractivity contribution in [3.8, 4) is 0 Å². The summed E-state index contributed by atoms with van der Waals surface area (Å²) < 4.78 is 5.36. The molecule has 0 amide bonds. The number of aliphatic carboxylic acids is 1. The van der Waals surface area contributed by atoms with E-state index in [1.165, 1.54) is 102 Å². The average molecular weight is 471 g/mol. The Morgan fingerprint density at radius 3 is 1.62 bits per heavy atom. The molecule has 0 saturated heterocycles. The molecule has 0 aromatic heterocycles. The van der Waals surface area contributed by atoms with Crippen molar-refractivity contribution in [2.75, 3.05) is 6.61 Å². The molecule has 1 N–H and O–H groups in total. The normalized spacial score (nSPS) is 11.4. The third-order valence-corrected chi connectivity index (χ3v) is 6.17. The van der Waals surface area contributed by atoms with Gasteiger partial charge in [0.15, 0.2) is 0 Å². The van der Waals surface area contributed by atoms with Gasteiger partial charge in [-0.1, -0.05) is 128 Å². The van der Waals surface area contributed by atoms with Crippen LogP contribution in [0.5, 0.6) is 0 Å². The first-order chi connectivity index (χ1) is 16.6. The molecule has 4 heteroatoms. The van der Waals surface area contributed by atoms with Crippen LogP contribution in [0.2, 0.25) is 0 Å². The van der Waals surface area contributed by atoms with Gasteiger partial charge in [-0.05, 0) is 30.2 Å². The quantitative estimate of drug-likeness (QED) is 0.0844. The molecule has 34 heavy (non-hydrogen) atoms. The Morgan fingerprint density at radius 1 is 0.765 bits per heavy atom. The van der Waals surface area contributed by atoms with Crippen molar-refractivity contribution in [3.63, 3.8) is 0 Å². The molecule has 0 atom stereocenters. The molecule has 0 aliphatic heterocycles. The van der Waals surface area contributed by atoms with Crippen LogP contribution in [0.25, 0.3) is 6.08 Å². The zero-order valence-electron chi connectivity index (χ0n) is 21.4. The first kappa shape index (κ1) is 29.7. The summed E-state index contributed by atoms with van der Waals surface area (Å²) in [7, 11) is 0. The summed E-state index contributed by atoms with van der Waals surface area (Å²) in [5, 5.41) is 9.04. The molecule has 0 fully saturated rings. The van der Waals surface area contributed by atoms with Crippen LogP contribution >= 0.6 is 0 Å². The van der Waals surface area contributed by atoms with E-state index in [0.717, 1.165) is 12.8 Å². The molecule has 0 unspecified atom stereocenters. The Bertz CT molecular complexity index is 718. The van der Waals surface area contributed by atoms with Crippen molar-refractivity contribution in [2.45, 2.75) is 110 Å². The Morgan fingerprint density at radius 2 is 1.21 bits per heavy atom. The van der Waals surface area contributed by atoms with Gasteiger partial charge in [0.25, 0.3) is 0 Å². The largest absolute Gasteiger partial charge is 0.478 e. The van der Waals surface area contributed by atoms with Crippen LogP contribution in [0.15, 0.2) is 42.5 Å². The third-order valence-electron chi connectivity index (χ3n) is 6.17. The Kier molecular flexibility index (Phi) is 17.5. The van der Waals surface area contributed by atoms with E-state index >= 15 is 0 Å². The molecule has 190 valence electrons. The van der Waals surface area contributed by atoms with Gasteiger partial charge in [-0.15, -0.1) is 0 Å². The van der Waals surface area contributed by atoms with Crippen LogP contribution in [0.4, 0.5) is 0 Å². The van der Waals surface area contributed by atoms with E-state index < -0.39 is 5.97 Å². The van der Waals surface area contributed by atoms with Gasteiger partial charge >= 0.3 is 11.9 Å². The fourth-order valence-electron chi connectivity index (χ4n) is 4.00. The van der Waals surface area contributed by atoms with E-state index in [9.17, 15) is 9.59 Å². The maximum absolute atomic E-state index is 12.2. The number of unbranched alkanes of at least 4 members (excludes halogenated alkanes) is 15. The lowest BCUT2D eigenvalue weighted by Gasteiger charge is -2.06. The van der Waals surface area contributed by atoms with Gasteiger partial charge in [0.1, 0.15) is 0 Å². The monoisotopic (exact) mass is 470 g/mol. The maximum Gasteiger partial charge on any atom is 0.338 e. The topological polar surface area (TPSA) is 63.6 Å². The van der Waals surface area contributed by atoms with Crippen molar-refractivity contribution < 1.29 is 19.4 Å². The van der Waals surface area contributed by atoms with Crippen LogP contribution in [-0.4, -0.2) is 23.7 Å². The summed E-state index contributed by atoms with van der Waals surface area (Å²) in [5.74, 6) is -1.36. The first-order valence-electron chi connectivity index (χ1n) is 13.4. The van der Waals surface area contributed by atoms with Crippen molar-refractivity contribution in [1.29, 1.82) is 0 Å². The van der Waals surface area contributed by atoms with Crippen molar-refractivity contribution in [3.05, 3.63) is 53.6 Å². The predicted octanol–water partition coefficient (Wildman–Crippen LogP) is 8.76. The molecule has 0 radical (unpaired) electrons. The van der Waals surface area contributed by atoms with Crippen LogP contribution < -0.4 is 0 Å². The maximum atomic E-state index is 12.2. The van der Waals surface area contributed by atoms with Crippen molar-refractivity contribution in [2.24, 2.45) is 0 Å². The highest BCUT2D eigenvalue weighted by molar-refractivity contribution is 5.95. The van der Waals surface area contributed by atoms with E-state index in [1.54, 1.807) is 24.3 Å². The molecule has 0 aliphatic carbocycles. The highest BCUT2D eigenvalue weighted by Gasteiger charge is 2.07. The van der Waals surface area contributed by atoms with Gasteiger partial charge in [0.05, 0.1) is 17.7 Å². The second-order valence-electron chi connectivity index (χ2n) is 9.17. The van der Waals surface area contributed by atoms with Crippen molar-refractivity contribution >= 4 is 18.0 Å². The first-order valence-corrected chi connectivity index (χ1v) is 13.4. The predicted molar refractivity (Wildman–Crippen MR) is 142 cm³/mol. The fourth-order valence-corrected chi connectivity index (χ4v) is 4.00. The fraction of sp³-hybridized carbons (Fsp3) is 0.600. The molecule has 0 bridgehead atoms. The van der Waals surface area contributed by atoms with E-state index in [4.69, 9.17) is 9.84 Å². The van der Waals surface area contributed by atoms with Gasteiger partial charge in [-0.25, -0.2) is 9.59 Å². The number of hydrogen-bond acceptors (Lipinski definition) is 3. The minimum absolute atomic E-state index is 0.110. The number of benzene rings is 1. The lowest BCUT2D eigenvalue weighted by molar-refractivity contribution is -0.132. The highest BCUT2D eigenvalue weighted by atomic mass is 16.5. The number of carboxylic acid groups (broad SMARTS) is 1. The molecule has 1 aromatic rings. The number of ether oxygens (including phenoxy) is 1. The number of rotatable bonds is 21. The summed E-state index contributed by atoms with van der Waals surface area (Å²) in [6.07, 6.45) is 23.9. The smallest absolute Gasteiger partial charge is 0.338 e. The molecule has 4 nitrogen and oxygen atoms in total. The molecule has 0 spiro atoms. The van der Waals surface area contributed by atoms with Crippen molar-refractivity contribution in [1.82, 2.24) is 0 Å². The minimum Gasteiger partial charge on any atom is -0.478 e. The van der Waals surface area contributed by atoms with E-state index in [1.807, 2.05) is 0 Å². The number of hydrogen-bond donors (Lipinski definition) is 1. The van der Waals surface area contributed by atoms with Crippen LogP contribution in [0.1, 0.15) is 126 Å². The molecule has 0 saturated carbocycles. The van der Waals surface area contributed by atoms with Gasteiger partial charge in [0, 0.05) is 0 Å². The lowest BCUT2D eigenvalue weighted by Crippen LogP contribution is -2.06. The SMILES string of the molecule is C=CC(=Cc1ccc(C(=O)OCCCCCCCCCCCCCCCCCC)cc1)C(=O)O. The minimum atomic E-state index is -1.03. The van der Waals surface area contributed by atoms with Crippen LogP contribution in [0.3, 0.4) is 0 Å². The molecular formula is C30H46O4. The Balaban J connectivity index is 1.99. The molecule has 1 aromatic carbocycles. The molecule has 0 heterocycles. The van der Waals surface area contributed by atoms with E-state index in [2.05, 4.69) is 13.5 Å². The Hall–Kier alpha value is -2.36. The molecular weight excluding hydrogens is 424 g/mol. The molecule has 0 aliphatic rings. The summed E-state index contributed by atoms with van der Waals surface area (Å²) in [5.41, 5.74) is 1.29. The van der Waals surface area contributed by atoms with Gasteiger partial charge in [0.2, 0.25) is 0 Å². The number of carbonyl (C=O) groups excluding carboxylic acids is 1. The van der Waals surface area contributed by atoms with Gasteiger partial charge in [-0.3, -0.25) is 0 Å². The summed E-state index contributed by atoms with van der Waals surface area (Å²) in [4.78, 5) is 23.2. The van der Waals surface area contributed by atoms with Gasteiger partial charge in [-0.2, -0.15) is 0 Å². The molecule has 1 rings (SSSR count). The number of carbonyl (C=O) groups is 2. The lowest BCUT2D eigenvalue weighted by atomic mass is 10.0. The zero-order chi connectivity index (χ0) is 24.9. The van der Waals surface area contributed by atoms with Crippen LogP contribution in [0, 0.1) is 0 Å².